The quantitative estimate of drug-likeness (QED) is 0.791. The van der Waals surface area contributed by atoms with Gasteiger partial charge >= 0.3 is 0 Å². The minimum absolute atomic E-state index is 0.481. The second kappa shape index (κ2) is 5.69. The molecule has 0 aliphatic heterocycles. The van der Waals surface area contributed by atoms with Crippen LogP contribution >= 0.6 is 0 Å². The highest BCUT2D eigenvalue weighted by molar-refractivity contribution is 5.20. The highest BCUT2D eigenvalue weighted by Crippen LogP contribution is 2.29. The summed E-state index contributed by atoms with van der Waals surface area (Å²) in [4.78, 5) is 0. The van der Waals surface area contributed by atoms with E-state index in [1.54, 1.807) is 0 Å². The number of hydrogen-bond acceptors (Lipinski definition) is 3. The topological polar surface area (TPSA) is 34.4 Å². The summed E-state index contributed by atoms with van der Waals surface area (Å²) >= 11 is 0. The molecule has 1 saturated carbocycles. The van der Waals surface area contributed by atoms with Crippen LogP contribution in [0.3, 0.4) is 0 Å². The molecule has 96 valence electrons. The molecule has 0 atom stereocenters. The van der Waals surface area contributed by atoms with Crippen molar-refractivity contribution < 1.29 is 9.15 Å². The third-order valence-electron chi connectivity index (χ3n) is 3.06. The Morgan fingerprint density at radius 2 is 2.24 bits per heavy atom. The van der Waals surface area contributed by atoms with Gasteiger partial charge in [0, 0.05) is 18.2 Å². The van der Waals surface area contributed by atoms with Gasteiger partial charge in [0.1, 0.15) is 11.5 Å². The number of ether oxygens (including phenoxy) is 1. The standard InChI is InChI=1S/C14H23NO2/c1-10(2)15-7-14-6-13(11(3)17-14)9-16-8-12-4-5-12/h6,10,12,15H,4-5,7-9H2,1-3H3. The average Bonchev–Trinajstić information content (AvgIpc) is 3.01. The van der Waals surface area contributed by atoms with E-state index >= 15 is 0 Å². The molecule has 1 aromatic rings. The zero-order valence-electron chi connectivity index (χ0n) is 11.1. The first-order valence-electron chi connectivity index (χ1n) is 6.54. The van der Waals surface area contributed by atoms with Crippen molar-refractivity contribution in [3.63, 3.8) is 0 Å². The van der Waals surface area contributed by atoms with E-state index in [1.165, 1.54) is 18.4 Å². The largest absolute Gasteiger partial charge is 0.465 e. The molecule has 1 aliphatic carbocycles. The molecule has 0 amide bonds. The molecule has 0 aromatic carbocycles. The summed E-state index contributed by atoms with van der Waals surface area (Å²) in [7, 11) is 0. The van der Waals surface area contributed by atoms with Crippen molar-refractivity contribution in [2.45, 2.75) is 52.8 Å². The molecular formula is C14H23NO2. The summed E-state index contributed by atoms with van der Waals surface area (Å²) in [5.74, 6) is 2.81. The van der Waals surface area contributed by atoms with Crippen LogP contribution in [0.1, 0.15) is 43.8 Å². The maximum Gasteiger partial charge on any atom is 0.118 e. The first-order valence-corrected chi connectivity index (χ1v) is 6.54. The van der Waals surface area contributed by atoms with Gasteiger partial charge in [0.15, 0.2) is 0 Å². The molecule has 1 aliphatic rings. The van der Waals surface area contributed by atoms with Gasteiger partial charge < -0.3 is 14.5 Å². The van der Waals surface area contributed by atoms with Gasteiger partial charge in [0.2, 0.25) is 0 Å². The first kappa shape index (κ1) is 12.7. The Morgan fingerprint density at radius 1 is 1.47 bits per heavy atom. The number of nitrogens with one attached hydrogen (secondary N) is 1. The van der Waals surface area contributed by atoms with Gasteiger partial charge in [-0.1, -0.05) is 13.8 Å². The molecule has 2 rings (SSSR count). The third-order valence-corrected chi connectivity index (χ3v) is 3.06. The molecule has 0 radical (unpaired) electrons. The van der Waals surface area contributed by atoms with Gasteiger partial charge in [0.05, 0.1) is 13.2 Å². The maximum atomic E-state index is 5.70. The molecule has 1 heterocycles. The highest BCUT2D eigenvalue weighted by Gasteiger charge is 2.21. The number of rotatable bonds is 7. The van der Waals surface area contributed by atoms with Crippen molar-refractivity contribution >= 4 is 0 Å². The van der Waals surface area contributed by atoms with Crippen molar-refractivity contribution in [3.8, 4) is 0 Å². The van der Waals surface area contributed by atoms with E-state index in [0.29, 0.717) is 12.6 Å². The van der Waals surface area contributed by atoms with Crippen LogP contribution in [0.2, 0.25) is 0 Å². The molecule has 3 heteroatoms. The van der Waals surface area contributed by atoms with Crippen molar-refractivity contribution in [2.24, 2.45) is 5.92 Å². The molecule has 0 saturated heterocycles. The SMILES string of the molecule is Cc1oc(CNC(C)C)cc1COCC1CC1. The van der Waals surface area contributed by atoms with E-state index in [9.17, 15) is 0 Å². The first-order chi connectivity index (χ1) is 8.15. The minimum Gasteiger partial charge on any atom is -0.465 e. The molecule has 3 nitrogen and oxygen atoms in total. The second-order valence-corrected chi connectivity index (χ2v) is 5.29. The highest BCUT2D eigenvalue weighted by atomic mass is 16.5. The van der Waals surface area contributed by atoms with Crippen LogP contribution in [0.15, 0.2) is 10.5 Å². The fraction of sp³-hybridized carbons (Fsp3) is 0.714. The molecule has 0 unspecified atom stereocenters. The van der Waals surface area contributed by atoms with Gasteiger partial charge in [-0.15, -0.1) is 0 Å². The monoisotopic (exact) mass is 237 g/mol. The van der Waals surface area contributed by atoms with Crippen LogP contribution in [-0.2, 0) is 17.9 Å². The summed E-state index contributed by atoms with van der Waals surface area (Å²) in [5, 5.41) is 3.35. The molecule has 0 bridgehead atoms. The lowest BCUT2D eigenvalue weighted by molar-refractivity contribution is 0.110. The lowest BCUT2D eigenvalue weighted by Gasteiger charge is -2.04. The van der Waals surface area contributed by atoms with Crippen LogP contribution in [0, 0.1) is 12.8 Å². The van der Waals surface area contributed by atoms with Crippen molar-refractivity contribution in [1.29, 1.82) is 0 Å². The van der Waals surface area contributed by atoms with Crippen molar-refractivity contribution in [2.75, 3.05) is 6.61 Å². The van der Waals surface area contributed by atoms with Gasteiger partial charge in [-0.05, 0) is 31.7 Å². The lowest BCUT2D eigenvalue weighted by Crippen LogP contribution is -2.21. The van der Waals surface area contributed by atoms with Crippen molar-refractivity contribution in [1.82, 2.24) is 5.32 Å². The summed E-state index contributed by atoms with van der Waals surface area (Å²) in [5.41, 5.74) is 1.19. The fourth-order valence-corrected chi connectivity index (χ4v) is 1.74. The Kier molecular flexibility index (Phi) is 4.24. The normalized spacial score (nSPS) is 15.8. The second-order valence-electron chi connectivity index (χ2n) is 5.29. The van der Waals surface area contributed by atoms with Crippen molar-refractivity contribution in [3.05, 3.63) is 23.2 Å². The van der Waals surface area contributed by atoms with E-state index in [-0.39, 0.29) is 0 Å². The predicted octanol–water partition coefficient (Wildman–Crippen LogP) is 3.01. The smallest absolute Gasteiger partial charge is 0.118 e. The Balaban J connectivity index is 1.79. The minimum atomic E-state index is 0.481. The fourth-order valence-electron chi connectivity index (χ4n) is 1.74. The molecular weight excluding hydrogens is 214 g/mol. The summed E-state index contributed by atoms with van der Waals surface area (Å²) in [6.45, 7) is 8.67. The molecule has 0 spiro atoms. The predicted molar refractivity (Wildman–Crippen MR) is 67.8 cm³/mol. The Hall–Kier alpha value is -0.800. The number of furan rings is 1. The van der Waals surface area contributed by atoms with Crippen LogP contribution in [-0.4, -0.2) is 12.6 Å². The Morgan fingerprint density at radius 3 is 2.88 bits per heavy atom. The van der Waals surface area contributed by atoms with Crippen LogP contribution in [0.5, 0.6) is 0 Å². The number of hydrogen-bond donors (Lipinski definition) is 1. The molecule has 1 N–H and O–H groups in total. The van der Waals surface area contributed by atoms with Gasteiger partial charge in [-0.2, -0.15) is 0 Å². The summed E-state index contributed by atoms with van der Waals surface area (Å²) < 4.78 is 11.4. The van der Waals surface area contributed by atoms with E-state index in [0.717, 1.165) is 30.6 Å². The summed E-state index contributed by atoms with van der Waals surface area (Å²) in [6, 6.07) is 2.59. The van der Waals surface area contributed by atoms with E-state index in [4.69, 9.17) is 9.15 Å². The Labute approximate surface area is 104 Å². The van der Waals surface area contributed by atoms with Crippen LogP contribution in [0.25, 0.3) is 0 Å². The van der Waals surface area contributed by atoms with Crippen LogP contribution < -0.4 is 5.32 Å². The average molecular weight is 237 g/mol. The molecule has 1 fully saturated rings. The van der Waals surface area contributed by atoms with E-state index in [2.05, 4.69) is 25.2 Å². The number of aryl methyl sites for hydroxylation is 1. The van der Waals surface area contributed by atoms with Gasteiger partial charge in [0.25, 0.3) is 0 Å². The van der Waals surface area contributed by atoms with E-state index < -0.39 is 0 Å². The van der Waals surface area contributed by atoms with Crippen LogP contribution in [0.4, 0.5) is 0 Å². The lowest BCUT2D eigenvalue weighted by atomic mass is 10.2. The van der Waals surface area contributed by atoms with Gasteiger partial charge in [-0.25, -0.2) is 0 Å². The zero-order valence-corrected chi connectivity index (χ0v) is 11.1. The van der Waals surface area contributed by atoms with Gasteiger partial charge in [-0.3, -0.25) is 0 Å². The summed E-state index contributed by atoms with van der Waals surface area (Å²) in [6.07, 6.45) is 2.68. The molecule has 1 aromatic heterocycles. The third kappa shape index (κ3) is 4.17. The Bertz CT molecular complexity index is 353. The van der Waals surface area contributed by atoms with E-state index in [1.807, 2.05) is 6.92 Å². The maximum absolute atomic E-state index is 5.70. The molecule has 17 heavy (non-hydrogen) atoms. The zero-order chi connectivity index (χ0) is 12.3.